The molecule has 1 rings (SSSR count). The predicted molar refractivity (Wildman–Crippen MR) is 60.3 cm³/mol. The first-order valence-corrected chi connectivity index (χ1v) is 4.88. The van der Waals surface area contributed by atoms with Gasteiger partial charge in [-0.1, -0.05) is 6.07 Å². The third-order valence-corrected chi connectivity index (χ3v) is 1.85. The van der Waals surface area contributed by atoms with Crippen molar-refractivity contribution in [3.8, 4) is 0 Å². The fraction of sp³-hybridized carbons (Fsp3) is 0.417. The molecule has 1 aromatic carbocycles. The van der Waals surface area contributed by atoms with Gasteiger partial charge in [-0.3, -0.25) is 0 Å². The van der Waals surface area contributed by atoms with Gasteiger partial charge in [-0.25, -0.2) is 4.99 Å². The van der Waals surface area contributed by atoms with Gasteiger partial charge in [-0.15, -0.1) is 0 Å². The van der Waals surface area contributed by atoms with Crippen LogP contribution < -0.4 is 0 Å². The van der Waals surface area contributed by atoms with E-state index in [1.165, 1.54) is 11.1 Å². The van der Waals surface area contributed by atoms with E-state index in [1.54, 1.807) is 0 Å². The fourth-order valence-corrected chi connectivity index (χ4v) is 1.44. The number of ether oxygens (including phenoxy) is 1. The van der Waals surface area contributed by atoms with E-state index in [0.29, 0.717) is 6.61 Å². The maximum atomic E-state index is 5.28. The van der Waals surface area contributed by atoms with Gasteiger partial charge in [0.2, 0.25) is 0 Å². The van der Waals surface area contributed by atoms with Gasteiger partial charge >= 0.3 is 0 Å². The first-order valence-electron chi connectivity index (χ1n) is 4.88. The van der Waals surface area contributed by atoms with Gasteiger partial charge < -0.3 is 4.74 Å². The fourth-order valence-electron chi connectivity index (χ4n) is 1.44. The molecule has 0 saturated heterocycles. The molecule has 0 spiro atoms. The van der Waals surface area contributed by atoms with Crippen LogP contribution in [0.1, 0.15) is 25.0 Å². The summed E-state index contributed by atoms with van der Waals surface area (Å²) in [6, 6.07) is 6.24. The Hall–Kier alpha value is -1.31. The minimum atomic E-state index is 0.667. The van der Waals surface area contributed by atoms with Gasteiger partial charge in [0, 0.05) is 6.92 Å². The Bertz CT molecular complexity index is 322. The van der Waals surface area contributed by atoms with Crippen LogP contribution in [0.3, 0.4) is 0 Å². The average Bonchev–Trinajstić information content (AvgIpc) is 2.01. The van der Waals surface area contributed by atoms with Crippen LogP contribution >= 0.6 is 0 Å². The normalized spacial score (nSPS) is 11.6. The number of nitrogens with zero attached hydrogens (tertiary/aromatic N) is 1. The zero-order valence-electron chi connectivity index (χ0n) is 9.29. The zero-order valence-corrected chi connectivity index (χ0v) is 9.29. The SMILES string of the molecule is CCOC(C)=Nc1cc(C)cc(C)c1. The Labute approximate surface area is 85.6 Å². The van der Waals surface area contributed by atoms with Gasteiger partial charge in [0.25, 0.3) is 0 Å². The Morgan fingerprint density at radius 1 is 1.21 bits per heavy atom. The highest BCUT2D eigenvalue weighted by molar-refractivity contribution is 5.76. The highest BCUT2D eigenvalue weighted by atomic mass is 16.5. The number of hydrogen-bond acceptors (Lipinski definition) is 2. The Balaban J connectivity index is 2.90. The molecule has 0 fully saturated rings. The lowest BCUT2D eigenvalue weighted by Gasteiger charge is -2.03. The van der Waals surface area contributed by atoms with E-state index in [1.807, 2.05) is 13.8 Å². The second-order valence-corrected chi connectivity index (χ2v) is 3.41. The summed E-state index contributed by atoms with van der Waals surface area (Å²) in [5.41, 5.74) is 3.43. The van der Waals surface area contributed by atoms with Gasteiger partial charge in [0.1, 0.15) is 0 Å². The number of benzene rings is 1. The summed E-state index contributed by atoms with van der Waals surface area (Å²) in [7, 11) is 0. The van der Waals surface area contributed by atoms with Crippen molar-refractivity contribution < 1.29 is 4.74 Å². The smallest absolute Gasteiger partial charge is 0.185 e. The first-order chi connectivity index (χ1) is 6.61. The van der Waals surface area contributed by atoms with Crippen molar-refractivity contribution in [1.82, 2.24) is 0 Å². The van der Waals surface area contributed by atoms with Crippen LogP contribution in [0.15, 0.2) is 23.2 Å². The third kappa shape index (κ3) is 3.21. The van der Waals surface area contributed by atoms with Gasteiger partial charge in [0.15, 0.2) is 5.90 Å². The summed E-state index contributed by atoms with van der Waals surface area (Å²) in [4.78, 5) is 4.36. The molecule has 0 radical (unpaired) electrons. The van der Waals surface area contributed by atoms with E-state index in [-0.39, 0.29) is 0 Å². The summed E-state index contributed by atoms with van der Waals surface area (Å²) in [5.74, 6) is 0.720. The summed E-state index contributed by atoms with van der Waals surface area (Å²) in [6.45, 7) is 8.64. The van der Waals surface area contributed by atoms with Crippen molar-refractivity contribution in [3.63, 3.8) is 0 Å². The molecule has 0 amide bonds. The highest BCUT2D eigenvalue weighted by Crippen LogP contribution is 2.17. The van der Waals surface area contributed by atoms with Crippen LogP contribution in [0, 0.1) is 13.8 Å². The predicted octanol–water partition coefficient (Wildman–Crippen LogP) is 3.39. The molecule has 0 aromatic heterocycles. The molecule has 14 heavy (non-hydrogen) atoms. The lowest BCUT2D eigenvalue weighted by atomic mass is 10.1. The molecule has 0 heterocycles. The highest BCUT2D eigenvalue weighted by Gasteiger charge is 1.95. The van der Waals surface area contributed by atoms with E-state index in [0.717, 1.165) is 11.6 Å². The van der Waals surface area contributed by atoms with Crippen molar-refractivity contribution in [2.75, 3.05) is 6.61 Å². The van der Waals surface area contributed by atoms with Gasteiger partial charge in [-0.05, 0) is 44.0 Å². The molecule has 0 atom stereocenters. The Morgan fingerprint density at radius 2 is 1.79 bits per heavy atom. The summed E-state index contributed by atoms with van der Waals surface area (Å²) in [5, 5.41) is 0. The molecule has 0 aliphatic heterocycles. The molecule has 0 bridgehead atoms. The van der Waals surface area contributed by atoms with Crippen LogP contribution in [0.4, 0.5) is 5.69 Å². The summed E-state index contributed by atoms with van der Waals surface area (Å²) < 4.78 is 5.28. The maximum absolute atomic E-state index is 5.28. The third-order valence-electron chi connectivity index (χ3n) is 1.85. The molecule has 76 valence electrons. The molecule has 0 unspecified atom stereocenters. The van der Waals surface area contributed by atoms with Gasteiger partial charge in [0.05, 0.1) is 12.3 Å². The van der Waals surface area contributed by atoms with Crippen molar-refractivity contribution >= 4 is 11.6 Å². The van der Waals surface area contributed by atoms with Crippen LogP contribution in [-0.4, -0.2) is 12.5 Å². The van der Waals surface area contributed by atoms with Crippen LogP contribution in [0.5, 0.6) is 0 Å². The summed E-state index contributed by atoms with van der Waals surface area (Å²) >= 11 is 0. The monoisotopic (exact) mass is 191 g/mol. The van der Waals surface area contributed by atoms with Gasteiger partial charge in [-0.2, -0.15) is 0 Å². The van der Waals surface area contributed by atoms with Crippen LogP contribution in [0.2, 0.25) is 0 Å². The number of hydrogen-bond donors (Lipinski definition) is 0. The quantitative estimate of drug-likeness (QED) is 0.518. The molecular weight excluding hydrogens is 174 g/mol. The second kappa shape index (κ2) is 4.80. The Morgan fingerprint density at radius 3 is 2.29 bits per heavy atom. The second-order valence-electron chi connectivity index (χ2n) is 3.41. The molecule has 1 aromatic rings. The standard InChI is InChI=1S/C12H17NO/c1-5-14-11(4)13-12-7-9(2)6-10(3)8-12/h6-8H,5H2,1-4H3. The minimum absolute atomic E-state index is 0.667. The van der Waals surface area contributed by atoms with Crippen molar-refractivity contribution in [1.29, 1.82) is 0 Å². The average molecular weight is 191 g/mol. The van der Waals surface area contributed by atoms with Crippen molar-refractivity contribution in [2.45, 2.75) is 27.7 Å². The van der Waals surface area contributed by atoms with E-state index in [9.17, 15) is 0 Å². The molecule has 2 nitrogen and oxygen atoms in total. The molecule has 2 heteroatoms. The van der Waals surface area contributed by atoms with Crippen molar-refractivity contribution in [2.24, 2.45) is 4.99 Å². The lowest BCUT2D eigenvalue weighted by Crippen LogP contribution is -1.97. The topological polar surface area (TPSA) is 21.6 Å². The molecular formula is C12H17NO. The maximum Gasteiger partial charge on any atom is 0.185 e. The van der Waals surface area contributed by atoms with E-state index >= 15 is 0 Å². The zero-order chi connectivity index (χ0) is 10.6. The molecule has 0 N–H and O–H groups in total. The molecule has 0 aliphatic rings. The van der Waals surface area contributed by atoms with Crippen LogP contribution in [-0.2, 0) is 4.74 Å². The van der Waals surface area contributed by atoms with Crippen molar-refractivity contribution in [3.05, 3.63) is 29.3 Å². The van der Waals surface area contributed by atoms with E-state index < -0.39 is 0 Å². The lowest BCUT2D eigenvalue weighted by molar-refractivity contribution is 0.325. The largest absolute Gasteiger partial charge is 0.481 e. The van der Waals surface area contributed by atoms with E-state index in [2.05, 4.69) is 37.0 Å². The Kier molecular flexibility index (Phi) is 3.69. The number of aliphatic imine (C=N–C) groups is 1. The summed E-state index contributed by atoms with van der Waals surface area (Å²) in [6.07, 6.45) is 0. The molecule has 0 aliphatic carbocycles. The number of aryl methyl sites for hydroxylation is 2. The van der Waals surface area contributed by atoms with Crippen LogP contribution in [0.25, 0.3) is 0 Å². The number of rotatable bonds is 2. The first kappa shape index (κ1) is 10.8. The minimum Gasteiger partial charge on any atom is -0.481 e. The van der Waals surface area contributed by atoms with E-state index in [4.69, 9.17) is 4.74 Å². The molecule has 0 saturated carbocycles.